The molecule has 3 atom stereocenters. The number of ether oxygens (including phenoxy) is 1. The molecule has 0 spiro atoms. The molecule has 1 aliphatic heterocycles. The topological polar surface area (TPSA) is 115 Å². The zero-order valence-corrected chi connectivity index (χ0v) is 38.4. The van der Waals surface area contributed by atoms with Gasteiger partial charge < -0.3 is 19.2 Å². The number of carbonyl (C=O) groups is 1. The molecule has 1 N–H and O–H groups in total. The third kappa shape index (κ3) is 7.23. The van der Waals surface area contributed by atoms with E-state index in [1.807, 2.05) is 30.2 Å². The fourth-order valence-electron chi connectivity index (χ4n) is 13.0. The van der Waals surface area contributed by atoms with Gasteiger partial charge >= 0.3 is 5.97 Å². The van der Waals surface area contributed by atoms with E-state index in [-0.39, 0.29) is 33.1 Å². The molecular weight excluding hydrogens is 800 g/mol. The van der Waals surface area contributed by atoms with Crippen LogP contribution >= 0.6 is 11.6 Å². The molecule has 3 aromatic heterocycles. The van der Waals surface area contributed by atoms with E-state index >= 15 is 0 Å². The first-order valence-corrected chi connectivity index (χ1v) is 24.3. The summed E-state index contributed by atoms with van der Waals surface area (Å²) in [6.07, 6.45) is 9.32. The van der Waals surface area contributed by atoms with Crippen molar-refractivity contribution in [3.63, 3.8) is 0 Å². The summed E-state index contributed by atoms with van der Waals surface area (Å²) in [5, 5.41) is 27.0. The second-order valence-corrected chi connectivity index (χ2v) is 25.0. The summed E-state index contributed by atoms with van der Waals surface area (Å²) in [7, 11) is -2.71. The lowest BCUT2D eigenvalue weighted by atomic mass is 9.39. The number of hydrogen-bond donors (Lipinski definition) is 1. The number of anilines is 2. The largest absolute Gasteiger partial charge is 0.476 e. The van der Waals surface area contributed by atoms with Crippen LogP contribution in [0.1, 0.15) is 100 Å². The molecule has 0 amide bonds. The van der Waals surface area contributed by atoms with Crippen LogP contribution < -0.4 is 15.3 Å². The molecule has 5 aliphatic rings. The van der Waals surface area contributed by atoms with E-state index in [0.717, 1.165) is 48.1 Å². The Labute approximate surface area is 366 Å². The van der Waals surface area contributed by atoms with Crippen molar-refractivity contribution in [1.29, 1.82) is 0 Å². The third-order valence-corrected chi connectivity index (χ3v) is 20.0. The first kappa shape index (κ1) is 41.9. The number of carboxylic acids is 1. The van der Waals surface area contributed by atoms with Crippen LogP contribution in [0.4, 0.5) is 11.6 Å². The molecule has 4 fully saturated rings. The average Bonchev–Trinajstić information content (AvgIpc) is 3.57. The van der Waals surface area contributed by atoms with Gasteiger partial charge in [0, 0.05) is 40.9 Å². The van der Waals surface area contributed by atoms with Crippen LogP contribution in [0.3, 0.4) is 0 Å². The minimum Gasteiger partial charge on any atom is -0.476 e. The lowest BCUT2D eigenvalue weighted by molar-refractivity contribution is -0.237. The average molecular weight is 860 g/mol. The fourth-order valence-corrected chi connectivity index (χ4v) is 17.7. The highest BCUT2D eigenvalue weighted by Gasteiger charge is 2.65. The van der Waals surface area contributed by atoms with Gasteiger partial charge in [0.2, 0.25) is 0 Å². The summed E-state index contributed by atoms with van der Waals surface area (Å²) < 4.78 is 16.6. The van der Waals surface area contributed by atoms with Crippen LogP contribution in [0, 0.1) is 36.0 Å². The molecule has 10 nitrogen and oxygen atoms in total. The van der Waals surface area contributed by atoms with Crippen LogP contribution in [-0.4, -0.2) is 70.2 Å². The second kappa shape index (κ2) is 15.4. The Bertz CT molecular complexity index is 2400. The third-order valence-electron chi connectivity index (χ3n) is 14.6. The number of halogens is 1. The number of benzene rings is 2. The maximum absolute atomic E-state index is 12.9. The van der Waals surface area contributed by atoms with E-state index in [1.165, 1.54) is 29.6 Å². The maximum atomic E-state index is 12.9. The SMILES string of the molecule is Cc1c(Cl)nnc2c1CCCN2c1ccc(-c2cnn(CC34CC5(C)CC(CC(C)(C5)C3)C4OCCO[Si](c3ccccc3)(c3ccccc3)C(C)(C)C)c2C)c(C(=O)O)n1. The monoisotopic (exact) mass is 858 g/mol. The van der Waals surface area contributed by atoms with Crippen molar-refractivity contribution >= 4 is 47.9 Å². The van der Waals surface area contributed by atoms with Gasteiger partial charge in [-0.25, -0.2) is 9.78 Å². The van der Waals surface area contributed by atoms with E-state index in [9.17, 15) is 9.90 Å². The van der Waals surface area contributed by atoms with Gasteiger partial charge in [-0.1, -0.05) is 107 Å². The van der Waals surface area contributed by atoms with Crippen LogP contribution in [0.15, 0.2) is 79.0 Å². The van der Waals surface area contributed by atoms with Crippen LogP contribution in [0.5, 0.6) is 0 Å². The fraction of sp³-hybridized carbons (Fsp3) is 0.490. The number of rotatable bonds is 12. The molecule has 4 aliphatic carbocycles. The van der Waals surface area contributed by atoms with E-state index in [1.54, 1.807) is 0 Å². The molecule has 12 heteroatoms. The van der Waals surface area contributed by atoms with E-state index in [0.29, 0.717) is 54.6 Å². The zero-order valence-electron chi connectivity index (χ0n) is 36.7. The van der Waals surface area contributed by atoms with Gasteiger partial charge in [0.15, 0.2) is 16.7 Å². The molecule has 61 heavy (non-hydrogen) atoms. The smallest absolute Gasteiger partial charge is 0.355 e. The van der Waals surface area contributed by atoms with Crippen molar-refractivity contribution in [2.24, 2.45) is 22.2 Å². The summed E-state index contributed by atoms with van der Waals surface area (Å²) in [4.78, 5) is 19.6. The van der Waals surface area contributed by atoms with Crippen molar-refractivity contribution in [2.45, 2.75) is 111 Å². The predicted octanol–water partition coefficient (Wildman–Crippen LogP) is 9.36. The summed E-state index contributed by atoms with van der Waals surface area (Å²) in [5.41, 5.74) is 4.50. The standard InChI is InChI=1S/C49H59ClN6O4Si/c1-32-37-19-14-22-55(44(37)54-53-43(32)50)40-21-20-38(41(52-40)45(57)58)39-27-51-56(33(39)2)31-49-29-47(6)25-34(26-48(7,28-47)30-49)42(49)59-23-24-60-61(46(3,4)5,35-15-10-8-11-16-35)36-17-12-9-13-18-36/h8-13,15-18,20-21,27,34,42H,14,19,22-26,28-31H2,1-7H3,(H,57,58). The van der Waals surface area contributed by atoms with Gasteiger partial charge in [0.05, 0.1) is 25.5 Å². The molecular formula is C49H59ClN6O4Si. The quantitative estimate of drug-likeness (QED) is 0.0969. The molecule has 0 saturated heterocycles. The lowest BCUT2D eigenvalue weighted by Crippen LogP contribution is -2.67. The minimum absolute atomic E-state index is 0.0113. The van der Waals surface area contributed by atoms with Crippen LogP contribution in [0.25, 0.3) is 11.1 Å². The Morgan fingerprint density at radius 3 is 2.18 bits per heavy atom. The molecule has 2 aromatic carbocycles. The Morgan fingerprint density at radius 1 is 0.902 bits per heavy atom. The number of hydrogen-bond acceptors (Lipinski definition) is 8. The van der Waals surface area contributed by atoms with Crippen molar-refractivity contribution in [3.05, 3.63) is 107 Å². The molecule has 3 unspecified atom stereocenters. The Hall–Kier alpha value is -4.42. The molecule has 4 bridgehead atoms. The second-order valence-electron chi connectivity index (χ2n) is 20.3. The van der Waals surface area contributed by atoms with Crippen molar-refractivity contribution < 1.29 is 19.1 Å². The first-order chi connectivity index (χ1) is 29.1. The predicted molar refractivity (Wildman–Crippen MR) is 243 cm³/mol. The Balaban J connectivity index is 0.999. The van der Waals surface area contributed by atoms with Gasteiger partial charge in [-0.05, 0) is 109 Å². The Morgan fingerprint density at radius 2 is 1.56 bits per heavy atom. The highest BCUT2D eigenvalue weighted by atomic mass is 35.5. The molecule has 0 radical (unpaired) electrons. The summed E-state index contributed by atoms with van der Waals surface area (Å²) >= 11 is 6.32. The number of aromatic nitrogens is 5. The highest BCUT2D eigenvalue weighted by Crippen LogP contribution is 2.70. The molecule has 4 saturated carbocycles. The normalized spacial score (nSPS) is 25.8. The summed E-state index contributed by atoms with van der Waals surface area (Å²) in [6, 6.07) is 25.4. The molecule has 4 heterocycles. The van der Waals surface area contributed by atoms with Gasteiger partial charge in [-0.15, -0.1) is 10.2 Å². The lowest BCUT2D eigenvalue weighted by Gasteiger charge is -2.68. The number of nitrogens with zero attached hydrogens (tertiary/aromatic N) is 6. The van der Waals surface area contributed by atoms with Gasteiger partial charge in [0.1, 0.15) is 5.82 Å². The molecule has 5 aromatic rings. The number of carboxylic acid groups (broad SMARTS) is 1. The minimum atomic E-state index is -2.71. The Kier molecular flexibility index (Phi) is 10.6. The number of pyridine rings is 1. The van der Waals surface area contributed by atoms with E-state index in [4.69, 9.17) is 30.8 Å². The van der Waals surface area contributed by atoms with E-state index in [2.05, 4.69) is 117 Å². The number of aromatic carboxylic acids is 1. The van der Waals surface area contributed by atoms with Gasteiger partial charge in [-0.2, -0.15) is 5.10 Å². The summed E-state index contributed by atoms with van der Waals surface area (Å²) in [5.74, 6) is 0.569. The molecule has 320 valence electrons. The van der Waals surface area contributed by atoms with Crippen molar-refractivity contribution in [2.75, 3.05) is 24.7 Å². The maximum Gasteiger partial charge on any atom is 0.355 e. The molecule has 10 rings (SSSR count). The van der Waals surface area contributed by atoms with Gasteiger partial charge in [0.25, 0.3) is 8.32 Å². The highest BCUT2D eigenvalue weighted by molar-refractivity contribution is 6.99. The van der Waals surface area contributed by atoms with Crippen molar-refractivity contribution in [3.8, 4) is 11.1 Å². The zero-order chi connectivity index (χ0) is 43.0. The van der Waals surface area contributed by atoms with Crippen LogP contribution in [-0.2, 0) is 22.1 Å². The summed E-state index contributed by atoms with van der Waals surface area (Å²) in [6.45, 7) is 18.3. The van der Waals surface area contributed by atoms with Crippen LogP contribution in [0.2, 0.25) is 10.2 Å². The van der Waals surface area contributed by atoms with Crippen molar-refractivity contribution in [1.82, 2.24) is 25.0 Å². The van der Waals surface area contributed by atoms with E-state index < -0.39 is 14.3 Å². The first-order valence-electron chi connectivity index (χ1n) is 22.0. The van der Waals surface area contributed by atoms with Gasteiger partial charge in [-0.3, -0.25) is 4.68 Å². The number of fused-ring (bicyclic) bond motifs is 1.